The molecule has 0 fully saturated rings. The van der Waals surface area contributed by atoms with Crippen molar-refractivity contribution in [1.82, 2.24) is 0 Å². The molecule has 0 radical (unpaired) electrons. The molecule has 1 N–H and O–H groups in total. The van der Waals surface area contributed by atoms with Gasteiger partial charge in [0.15, 0.2) is 0 Å². The van der Waals surface area contributed by atoms with E-state index >= 15 is 0 Å². The van der Waals surface area contributed by atoms with Crippen molar-refractivity contribution in [1.29, 1.82) is 0 Å². The van der Waals surface area contributed by atoms with Gasteiger partial charge in [-0.1, -0.05) is 15.9 Å². The van der Waals surface area contributed by atoms with Gasteiger partial charge in [-0.25, -0.2) is 0 Å². The number of halogens is 2. The molecule has 0 heterocycles. The van der Waals surface area contributed by atoms with Gasteiger partial charge in [-0.05, 0) is 77.5 Å². The number of amides is 1. The summed E-state index contributed by atoms with van der Waals surface area (Å²) in [6, 6.07) is 13.3. The molecule has 2 aromatic carbocycles. The summed E-state index contributed by atoms with van der Waals surface area (Å²) in [5, 5.41) is 2.91. The van der Waals surface area contributed by atoms with E-state index in [0.29, 0.717) is 5.56 Å². The number of hydrogen-bond acceptors (Lipinski definition) is 1. The van der Waals surface area contributed by atoms with E-state index in [-0.39, 0.29) is 5.91 Å². The van der Waals surface area contributed by atoms with E-state index in [9.17, 15) is 4.79 Å². The molecule has 0 aliphatic carbocycles. The molecular formula is C14H11BrINO. The van der Waals surface area contributed by atoms with Crippen LogP contribution in [0.4, 0.5) is 5.69 Å². The molecule has 2 aromatic rings. The number of aryl methyl sites for hydroxylation is 1. The van der Waals surface area contributed by atoms with Crippen molar-refractivity contribution >= 4 is 50.1 Å². The average molecular weight is 416 g/mol. The number of hydrogen-bond donors (Lipinski definition) is 1. The third kappa shape index (κ3) is 3.32. The fourth-order valence-electron chi connectivity index (χ4n) is 1.56. The summed E-state index contributed by atoms with van der Waals surface area (Å²) in [7, 11) is 0. The summed E-state index contributed by atoms with van der Waals surface area (Å²) in [5.74, 6) is -0.0863. The first kappa shape index (κ1) is 13.5. The highest BCUT2D eigenvalue weighted by Gasteiger charge is 2.07. The van der Waals surface area contributed by atoms with Crippen LogP contribution in [-0.4, -0.2) is 5.91 Å². The van der Waals surface area contributed by atoms with Crippen LogP contribution >= 0.6 is 38.5 Å². The fraction of sp³-hybridized carbons (Fsp3) is 0.0714. The molecule has 0 aliphatic heterocycles. The number of carbonyl (C=O) groups is 1. The second-order valence-corrected chi connectivity index (χ2v) is 6.08. The zero-order chi connectivity index (χ0) is 13.1. The van der Waals surface area contributed by atoms with Gasteiger partial charge < -0.3 is 5.32 Å². The number of nitrogens with one attached hydrogen (secondary N) is 1. The van der Waals surface area contributed by atoms with Gasteiger partial charge >= 0.3 is 0 Å². The lowest BCUT2D eigenvalue weighted by Crippen LogP contribution is -2.12. The molecule has 0 spiro atoms. The Kier molecular flexibility index (Phi) is 4.40. The van der Waals surface area contributed by atoms with Crippen molar-refractivity contribution in [2.24, 2.45) is 0 Å². The summed E-state index contributed by atoms with van der Waals surface area (Å²) < 4.78 is 2.12. The zero-order valence-corrected chi connectivity index (χ0v) is 13.4. The Morgan fingerprint density at radius 1 is 1.17 bits per heavy atom. The van der Waals surface area contributed by atoms with Crippen LogP contribution in [0.25, 0.3) is 0 Å². The predicted octanol–water partition coefficient (Wildman–Crippen LogP) is 4.61. The Labute approximate surface area is 128 Å². The van der Waals surface area contributed by atoms with E-state index in [1.54, 1.807) is 0 Å². The van der Waals surface area contributed by atoms with Crippen LogP contribution in [-0.2, 0) is 0 Å². The highest BCUT2D eigenvalue weighted by Crippen LogP contribution is 2.20. The lowest BCUT2D eigenvalue weighted by molar-refractivity contribution is 0.102. The smallest absolute Gasteiger partial charge is 0.255 e. The van der Waals surface area contributed by atoms with Gasteiger partial charge in [-0.2, -0.15) is 0 Å². The topological polar surface area (TPSA) is 29.1 Å². The maximum Gasteiger partial charge on any atom is 0.255 e. The Balaban J connectivity index is 2.18. The average Bonchev–Trinajstić information content (AvgIpc) is 2.33. The molecule has 0 aliphatic rings. The predicted molar refractivity (Wildman–Crippen MR) is 86.0 cm³/mol. The maximum atomic E-state index is 12.0. The molecule has 0 saturated heterocycles. The highest BCUT2D eigenvalue weighted by atomic mass is 127. The quantitative estimate of drug-likeness (QED) is 0.712. The molecule has 0 unspecified atom stereocenters. The van der Waals surface area contributed by atoms with Crippen LogP contribution in [0.15, 0.2) is 46.9 Å². The van der Waals surface area contributed by atoms with Gasteiger partial charge in [0.05, 0.1) is 0 Å². The van der Waals surface area contributed by atoms with Crippen LogP contribution in [0.5, 0.6) is 0 Å². The van der Waals surface area contributed by atoms with E-state index in [4.69, 9.17) is 0 Å². The fourth-order valence-corrected chi connectivity index (χ4v) is 2.40. The second kappa shape index (κ2) is 5.84. The molecule has 2 rings (SSSR count). The molecule has 0 atom stereocenters. The number of carbonyl (C=O) groups excluding carboxylic acids is 1. The molecule has 18 heavy (non-hydrogen) atoms. The number of rotatable bonds is 2. The molecular weight excluding hydrogens is 405 g/mol. The maximum absolute atomic E-state index is 12.0. The van der Waals surface area contributed by atoms with E-state index in [1.807, 2.05) is 49.4 Å². The molecule has 0 aromatic heterocycles. The third-order valence-corrected chi connectivity index (χ3v) is 3.76. The van der Waals surface area contributed by atoms with Crippen molar-refractivity contribution in [2.75, 3.05) is 5.32 Å². The first-order valence-electron chi connectivity index (χ1n) is 5.39. The minimum Gasteiger partial charge on any atom is -0.322 e. The molecule has 4 heteroatoms. The van der Waals surface area contributed by atoms with Crippen molar-refractivity contribution in [3.63, 3.8) is 0 Å². The normalized spacial score (nSPS) is 10.2. The summed E-state index contributed by atoms with van der Waals surface area (Å²) in [6.07, 6.45) is 0. The van der Waals surface area contributed by atoms with Gasteiger partial charge in [0.1, 0.15) is 0 Å². The van der Waals surface area contributed by atoms with Gasteiger partial charge in [0.25, 0.3) is 5.91 Å². The van der Waals surface area contributed by atoms with E-state index in [2.05, 4.69) is 43.8 Å². The molecule has 1 amide bonds. The van der Waals surface area contributed by atoms with Crippen molar-refractivity contribution in [2.45, 2.75) is 6.92 Å². The summed E-state index contributed by atoms with van der Waals surface area (Å²) in [5.41, 5.74) is 2.53. The van der Waals surface area contributed by atoms with Crippen molar-refractivity contribution in [3.05, 3.63) is 61.6 Å². The first-order chi connectivity index (χ1) is 8.56. The lowest BCUT2D eigenvalue weighted by Gasteiger charge is -2.08. The largest absolute Gasteiger partial charge is 0.322 e. The first-order valence-corrected chi connectivity index (χ1v) is 7.26. The molecule has 0 saturated carbocycles. The minimum atomic E-state index is -0.0863. The van der Waals surface area contributed by atoms with Gasteiger partial charge in [0, 0.05) is 19.3 Å². The Morgan fingerprint density at radius 3 is 2.44 bits per heavy atom. The van der Waals surface area contributed by atoms with Gasteiger partial charge in [0.2, 0.25) is 0 Å². The van der Waals surface area contributed by atoms with Crippen LogP contribution in [0.1, 0.15) is 15.9 Å². The second-order valence-electron chi connectivity index (χ2n) is 3.92. The van der Waals surface area contributed by atoms with E-state index in [0.717, 1.165) is 19.3 Å². The van der Waals surface area contributed by atoms with Crippen LogP contribution in [0.2, 0.25) is 0 Å². The minimum absolute atomic E-state index is 0.0863. The Morgan fingerprint density at radius 2 is 1.83 bits per heavy atom. The number of benzene rings is 2. The van der Waals surface area contributed by atoms with Gasteiger partial charge in [-0.3, -0.25) is 4.79 Å². The number of anilines is 1. The third-order valence-electron chi connectivity index (χ3n) is 2.54. The molecule has 0 bridgehead atoms. The SMILES string of the molecule is Cc1cc(Br)ccc1NC(=O)c1ccc(I)cc1. The monoisotopic (exact) mass is 415 g/mol. The standard InChI is InChI=1S/C14H11BrINO/c1-9-8-11(15)4-7-13(9)17-14(18)10-2-5-12(16)6-3-10/h2-8H,1H3,(H,17,18). The van der Waals surface area contributed by atoms with Crippen LogP contribution < -0.4 is 5.32 Å². The van der Waals surface area contributed by atoms with E-state index < -0.39 is 0 Å². The Bertz CT molecular complexity index is 581. The van der Waals surface area contributed by atoms with Gasteiger partial charge in [-0.15, -0.1) is 0 Å². The summed E-state index contributed by atoms with van der Waals surface area (Å²) in [4.78, 5) is 12.0. The summed E-state index contributed by atoms with van der Waals surface area (Å²) in [6.45, 7) is 1.97. The lowest BCUT2D eigenvalue weighted by atomic mass is 10.1. The highest BCUT2D eigenvalue weighted by molar-refractivity contribution is 14.1. The molecule has 92 valence electrons. The van der Waals surface area contributed by atoms with Crippen molar-refractivity contribution in [3.8, 4) is 0 Å². The zero-order valence-electron chi connectivity index (χ0n) is 9.71. The van der Waals surface area contributed by atoms with E-state index in [1.165, 1.54) is 0 Å². The van der Waals surface area contributed by atoms with Crippen LogP contribution in [0.3, 0.4) is 0 Å². The summed E-state index contributed by atoms with van der Waals surface area (Å²) >= 11 is 5.62. The van der Waals surface area contributed by atoms with Crippen LogP contribution in [0, 0.1) is 10.5 Å². The molecule has 2 nitrogen and oxygen atoms in total. The van der Waals surface area contributed by atoms with Crippen molar-refractivity contribution < 1.29 is 4.79 Å². The Hall–Kier alpha value is -0.880.